The van der Waals surface area contributed by atoms with E-state index >= 15 is 0 Å². The summed E-state index contributed by atoms with van der Waals surface area (Å²) in [6.45, 7) is 1.16. The van der Waals surface area contributed by atoms with E-state index in [-0.39, 0.29) is 30.2 Å². The van der Waals surface area contributed by atoms with Crippen molar-refractivity contribution in [3.8, 4) is 0 Å². The van der Waals surface area contributed by atoms with E-state index in [0.29, 0.717) is 13.2 Å². The van der Waals surface area contributed by atoms with Crippen LogP contribution in [0, 0.1) is 5.92 Å². The molecule has 3 rings (SSSR count). The van der Waals surface area contributed by atoms with Crippen molar-refractivity contribution >= 4 is 5.91 Å². The van der Waals surface area contributed by atoms with Gasteiger partial charge in [0.05, 0.1) is 6.10 Å². The maximum Gasteiger partial charge on any atom is 0.345 e. The van der Waals surface area contributed by atoms with Crippen LogP contribution >= 0.6 is 0 Å². The molecule has 23 heavy (non-hydrogen) atoms. The number of hydrogen-bond donors (Lipinski definition) is 1. The lowest BCUT2D eigenvalue weighted by Gasteiger charge is -2.19. The fourth-order valence-corrected chi connectivity index (χ4v) is 2.82. The molecule has 0 spiro atoms. The quantitative estimate of drug-likeness (QED) is 0.870. The van der Waals surface area contributed by atoms with Crippen LogP contribution in [0.15, 0.2) is 41.5 Å². The first-order valence-electron chi connectivity index (χ1n) is 7.67. The van der Waals surface area contributed by atoms with Gasteiger partial charge in [-0.05, 0) is 12.0 Å². The molecule has 1 N–H and O–H groups in total. The molecule has 0 unspecified atom stereocenters. The molecule has 0 bridgehead atoms. The average molecular weight is 316 g/mol. The van der Waals surface area contributed by atoms with Crippen LogP contribution in [0.1, 0.15) is 18.1 Å². The maximum absolute atomic E-state index is 12.0. The molecule has 122 valence electrons. The van der Waals surface area contributed by atoms with Crippen molar-refractivity contribution < 1.29 is 9.53 Å². The summed E-state index contributed by atoms with van der Waals surface area (Å²) in [6.07, 6.45) is 2.31. The Morgan fingerprint density at radius 2 is 2.17 bits per heavy atom. The molecule has 1 aromatic heterocycles. The van der Waals surface area contributed by atoms with E-state index < -0.39 is 0 Å². The van der Waals surface area contributed by atoms with Crippen molar-refractivity contribution in [1.29, 1.82) is 0 Å². The summed E-state index contributed by atoms with van der Waals surface area (Å²) >= 11 is 0. The first-order chi connectivity index (χ1) is 11.1. The molecular weight excluding hydrogens is 296 g/mol. The summed E-state index contributed by atoms with van der Waals surface area (Å²) in [5.74, 6) is 0.0197. The monoisotopic (exact) mass is 316 g/mol. The van der Waals surface area contributed by atoms with E-state index in [2.05, 4.69) is 10.4 Å². The smallest absolute Gasteiger partial charge is 0.345 e. The maximum atomic E-state index is 12.0. The zero-order valence-corrected chi connectivity index (χ0v) is 13.0. The van der Waals surface area contributed by atoms with Gasteiger partial charge in [0.15, 0.2) is 0 Å². The van der Waals surface area contributed by atoms with Gasteiger partial charge >= 0.3 is 5.69 Å². The van der Waals surface area contributed by atoms with Gasteiger partial charge in [0.25, 0.3) is 0 Å². The second-order valence-electron chi connectivity index (χ2n) is 5.74. The van der Waals surface area contributed by atoms with E-state index in [9.17, 15) is 9.59 Å². The minimum absolute atomic E-state index is 0.00840. The number of rotatable bonds is 5. The van der Waals surface area contributed by atoms with Gasteiger partial charge in [-0.2, -0.15) is 5.10 Å². The highest BCUT2D eigenvalue weighted by molar-refractivity contribution is 5.75. The minimum atomic E-state index is -0.300. The Morgan fingerprint density at radius 3 is 2.87 bits per heavy atom. The fourth-order valence-electron chi connectivity index (χ4n) is 2.82. The molecule has 2 aromatic rings. The molecule has 2 heterocycles. The number of amides is 1. The summed E-state index contributed by atoms with van der Waals surface area (Å²) in [5.41, 5.74) is 0.830. The second kappa shape index (κ2) is 6.78. The molecule has 1 aromatic carbocycles. The Morgan fingerprint density at radius 1 is 1.39 bits per heavy atom. The molecule has 1 aliphatic heterocycles. The predicted molar refractivity (Wildman–Crippen MR) is 83.7 cm³/mol. The van der Waals surface area contributed by atoms with Crippen molar-refractivity contribution in [2.45, 2.75) is 19.1 Å². The number of ether oxygens (including phenoxy) is 1. The van der Waals surface area contributed by atoms with Crippen molar-refractivity contribution in [1.82, 2.24) is 19.7 Å². The molecule has 1 fully saturated rings. The van der Waals surface area contributed by atoms with Crippen LogP contribution in [0.25, 0.3) is 0 Å². The first kappa shape index (κ1) is 15.5. The van der Waals surface area contributed by atoms with Gasteiger partial charge in [0.1, 0.15) is 12.9 Å². The lowest BCUT2D eigenvalue weighted by Crippen LogP contribution is -2.36. The number of nitrogens with zero attached hydrogens (tertiary/aromatic N) is 3. The Balaban J connectivity index is 1.56. The third-order valence-corrected chi connectivity index (χ3v) is 4.08. The topological polar surface area (TPSA) is 78.2 Å². The third kappa shape index (κ3) is 3.50. The van der Waals surface area contributed by atoms with Gasteiger partial charge < -0.3 is 10.1 Å². The lowest BCUT2D eigenvalue weighted by atomic mass is 9.95. The lowest BCUT2D eigenvalue weighted by molar-refractivity contribution is -0.122. The Bertz CT molecular complexity index is 722. The van der Waals surface area contributed by atoms with Gasteiger partial charge in [-0.25, -0.2) is 9.48 Å². The van der Waals surface area contributed by atoms with Crippen LogP contribution in [0.2, 0.25) is 0 Å². The Labute approximate surface area is 133 Å². The van der Waals surface area contributed by atoms with E-state index in [0.717, 1.165) is 16.7 Å². The molecule has 0 radical (unpaired) electrons. The summed E-state index contributed by atoms with van der Waals surface area (Å²) in [5, 5.41) is 6.76. The molecule has 7 nitrogen and oxygen atoms in total. The second-order valence-corrected chi connectivity index (χ2v) is 5.74. The number of hydrogen-bond acceptors (Lipinski definition) is 4. The highest BCUT2D eigenvalue weighted by Crippen LogP contribution is 2.33. The van der Waals surface area contributed by atoms with Gasteiger partial charge in [-0.3, -0.25) is 9.36 Å². The minimum Gasteiger partial charge on any atom is -0.373 e. The number of carbonyl (C=O) groups is 1. The standard InChI is InChI=1S/C16H20N4O3/c1-19-11-18-20(16(19)22)10-14(21)17-9-13-7-8-23-15(13)12-5-3-2-4-6-12/h2-6,11,13,15H,7-10H2,1H3,(H,17,21)/t13-,15-/m0/s1. The number of aromatic nitrogens is 3. The van der Waals surface area contributed by atoms with Gasteiger partial charge in [0, 0.05) is 26.1 Å². The van der Waals surface area contributed by atoms with Crippen LogP contribution in [0.5, 0.6) is 0 Å². The van der Waals surface area contributed by atoms with Crippen LogP contribution in [-0.4, -0.2) is 33.4 Å². The van der Waals surface area contributed by atoms with E-state index in [4.69, 9.17) is 4.74 Å². The van der Waals surface area contributed by atoms with E-state index in [1.165, 1.54) is 10.9 Å². The van der Waals surface area contributed by atoms with Gasteiger partial charge in [-0.1, -0.05) is 30.3 Å². The van der Waals surface area contributed by atoms with Crippen molar-refractivity contribution in [2.75, 3.05) is 13.2 Å². The Hall–Kier alpha value is -2.41. The number of nitrogens with one attached hydrogen (secondary N) is 1. The van der Waals surface area contributed by atoms with E-state index in [1.54, 1.807) is 7.05 Å². The first-order valence-corrected chi connectivity index (χ1v) is 7.67. The van der Waals surface area contributed by atoms with Crippen LogP contribution in [-0.2, 0) is 23.1 Å². The highest BCUT2D eigenvalue weighted by Gasteiger charge is 2.29. The molecule has 7 heteroatoms. The molecule has 2 atom stereocenters. The van der Waals surface area contributed by atoms with Crippen molar-refractivity contribution in [3.63, 3.8) is 0 Å². The number of carbonyl (C=O) groups excluding carboxylic acids is 1. The van der Waals surface area contributed by atoms with Crippen molar-refractivity contribution in [2.24, 2.45) is 13.0 Å². The molecule has 1 saturated heterocycles. The Kier molecular flexibility index (Phi) is 4.57. The zero-order chi connectivity index (χ0) is 16.2. The van der Waals surface area contributed by atoms with Crippen LogP contribution < -0.4 is 11.0 Å². The zero-order valence-electron chi connectivity index (χ0n) is 13.0. The van der Waals surface area contributed by atoms with Crippen LogP contribution in [0.3, 0.4) is 0 Å². The summed E-state index contributed by atoms with van der Waals surface area (Å²) in [4.78, 5) is 23.7. The summed E-state index contributed by atoms with van der Waals surface area (Å²) < 4.78 is 8.29. The number of benzene rings is 1. The average Bonchev–Trinajstić information content (AvgIpc) is 3.16. The molecule has 1 aliphatic rings. The largest absolute Gasteiger partial charge is 0.373 e. The van der Waals surface area contributed by atoms with Gasteiger partial charge in [-0.15, -0.1) is 0 Å². The summed E-state index contributed by atoms with van der Waals surface area (Å²) in [6, 6.07) is 10.0. The SMILES string of the molecule is Cn1cnn(CC(=O)NC[C@@H]2CCO[C@H]2c2ccccc2)c1=O. The molecule has 0 saturated carbocycles. The van der Waals surface area contributed by atoms with E-state index in [1.807, 2.05) is 30.3 Å². The molecule has 0 aliphatic carbocycles. The fraction of sp³-hybridized carbons (Fsp3) is 0.438. The molecule has 1 amide bonds. The summed E-state index contributed by atoms with van der Waals surface area (Å²) in [7, 11) is 1.60. The predicted octanol–water partition coefficient (Wildman–Crippen LogP) is 0.476. The van der Waals surface area contributed by atoms with Crippen LogP contribution in [0.4, 0.5) is 0 Å². The number of aryl methyl sites for hydroxylation is 1. The normalized spacial score (nSPS) is 20.6. The van der Waals surface area contributed by atoms with Gasteiger partial charge in [0.2, 0.25) is 5.91 Å². The molecular formula is C16H20N4O3. The third-order valence-electron chi connectivity index (χ3n) is 4.08. The highest BCUT2D eigenvalue weighted by atomic mass is 16.5. The van der Waals surface area contributed by atoms with Crippen molar-refractivity contribution in [3.05, 3.63) is 52.7 Å².